The molecule has 176 valence electrons. The lowest BCUT2D eigenvalue weighted by molar-refractivity contribution is 0.0136. The molecule has 10 heteroatoms. The van der Waals surface area contributed by atoms with Crippen molar-refractivity contribution in [2.24, 2.45) is 0 Å². The third kappa shape index (κ3) is 5.51. The van der Waals surface area contributed by atoms with Crippen molar-refractivity contribution in [1.29, 1.82) is 0 Å². The predicted octanol–water partition coefficient (Wildman–Crippen LogP) is 5.54. The summed E-state index contributed by atoms with van der Waals surface area (Å²) < 4.78 is 14.9. The van der Waals surface area contributed by atoms with E-state index in [0.717, 1.165) is 24.9 Å². The van der Waals surface area contributed by atoms with Gasteiger partial charge >= 0.3 is 6.03 Å². The quantitative estimate of drug-likeness (QED) is 0.439. The van der Waals surface area contributed by atoms with Crippen LogP contribution in [0.2, 0.25) is 10.0 Å². The molecule has 0 spiro atoms. The van der Waals surface area contributed by atoms with E-state index in [1.165, 1.54) is 16.8 Å². The van der Waals surface area contributed by atoms with E-state index >= 15 is 0 Å². The second kappa shape index (κ2) is 10.6. The molecule has 4 rings (SSSR count). The summed E-state index contributed by atoms with van der Waals surface area (Å²) in [5.74, 6) is -0.00205. The molecule has 1 saturated heterocycles. The number of amides is 2. The van der Waals surface area contributed by atoms with Crippen LogP contribution in [0.1, 0.15) is 26.2 Å². The second-order valence-corrected chi connectivity index (χ2v) is 8.81. The van der Waals surface area contributed by atoms with Crippen molar-refractivity contribution >= 4 is 46.3 Å². The van der Waals surface area contributed by atoms with Gasteiger partial charge in [-0.1, -0.05) is 49.0 Å². The Kier molecular flexibility index (Phi) is 7.57. The maximum atomic E-state index is 13.5. The van der Waals surface area contributed by atoms with Crippen molar-refractivity contribution in [3.63, 3.8) is 0 Å². The first-order valence-electron chi connectivity index (χ1n) is 11.1. The summed E-state index contributed by atoms with van der Waals surface area (Å²) in [6.07, 6.45) is 4.29. The van der Waals surface area contributed by atoms with Crippen LogP contribution in [0.5, 0.6) is 0 Å². The number of urea groups is 1. The molecule has 2 amide bonds. The third-order valence-electron chi connectivity index (χ3n) is 5.74. The van der Waals surface area contributed by atoms with Gasteiger partial charge in [0.25, 0.3) is 0 Å². The van der Waals surface area contributed by atoms with Crippen molar-refractivity contribution in [3.8, 4) is 0 Å². The van der Waals surface area contributed by atoms with Gasteiger partial charge in [0.15, 0.2) is 5.82 Å². The van der Waals surface area contributed by atoms with Crippen LogP contribution in [0.25, 0.3) is 5.52 Å². The SMILES string of the molecule is CCCCCN(C(=O)Nc1cc2ccc(F)cn2n1)N1CCN(c2cccc(Cl)c2Cl)CC1. The van der Waals surface area contributed by atoms with Crippen LogP contribution in [0.4, 0.5) is 20.7 Å². The first-order chi connectivity index (χ1) is 16.0. The standard InChI is InChI=1S/C23H27Cl2FN6O/c1-2-3-4-10-32(23(33)27-21-15-18-9-8-17(26)16-31(18)28-21)30-13-11-29(12-14-30)20-7-5-6-19(24)22(20)25/h5-9,15-16H,2-4,10-14H2,1H3,(H,27,28,33). The maximum absolute atomic E-state index is 13.5. The van der Waals surface area contributed by atoms with Gasteiger partial charge in [0.1, 0.15) is 5.82 Å². The molecular formula is C23H27Cl2FN6O. The summed E-state index contributed by atoms with van der Waals surface area (Å²) in [7, 11) is 0. The van der Waals surface area contributed by atoms with Gasteiger partial charge in [0.05, 0.1) is 27.4 Å². The number of nitrogens with zero attached hydrogens (tertiary/aromatic N) is 5. The Hall–Kier alpha value is -2.55. The first kappa shape index (κ1) is 23.6. The number of benzene rings is 1. The second-order valence-electron chi connectivity index (χ2n) is 8.02. The summed E-state index contributed by atoms with van der Waals surface area (Å²) in [5.41, 5.74) is 1.61. The number of carbonyl (C=O) groups is 1. The van der Waals surface area contributed by atoms with E-state index in [1.54, 1.807) is 23.2 Å². The fourth-order valence-electron chi connectivity index (χ4n) is 3.99. The molecule has 0 bridgehead atoms. The lowest BCUT2D eigenvalue weighted by atomic mass is 10.2. The number of unbranched alkanes of at least 4 members (excludes halogenated alkanes) is 2. The van der Waals surface area contributed by atoms with Crippen molar-refractivity contribution in [1.82, 2.24) is 19.6 Å². The molecule has 2 aromatic heterocycles. The summed E-state index contributed by atoms with van der Waals surface area (Å²) in [5, 5.41) is 12.1. The fraction of sp³-hybridized carbons (Fsp3) is 0.391. The number of anilines is 2. The van der Waals surface area contributed by atoms with Gasteiger partial charge in [-0.15, -0.1) is 5.10 Å². The van der Waals surface area contributed by atoms with E-state index < -0.39 is 0 Å². The molecule has 7 nitrogen and oxygen atoms in total. The van der Waals surface area contributed by atoms with Crippen molar-refractivity contribution in [3.05, 3.63) is 58.5 Å². The zero-order chi connectivity index (χ0) is 23.4. The number of hydrogen-bond donors (Lipinski definition) is 1. The molecule has 1 N–H and O–H groups in total. The minimum atomic E-state index is -0.387. The van der Waals surface area contributed by atoms with Crippen LogP contribution in [-0.4, -0.2) is 58.4 Å². The highest BCUT2D eigenvalue weighted by Crippen LogP contribution is 2.33. The lowest BCUT2D eigenvalue weighted by Crippen LogP contribution is -2.57. The summed E-state index contributed by atoms with van der Waals surface area (Å²) in [6.45, 7) is 5.50. The zero-order valence-corrected chi connectivity index (χ0v) is 20.0. The number of nitrogens with one attached hydrogen (secondary N) is 1. The van der Waals surface area contributed by atoms with Crippen LogP contribution >= 0.6 is 23.2 Å². The summed E-state index contributed by atoms with van der Waals surface area (Å²) in [6, 6.07) is 10.1. The molecule has 0 unspecified atom stereocenters. The number of hydrogen-bond acceptors (Lipinski definition) is 4. The smallest absolute Gasteiger partial charge is 0.337 e. The van der Waals surface area contributed by atoms with Gasteiger partial charge in [-0.2, -0.15) is 0 Å². The van der Waals surface area contributed by atoms with Gasteiger partial charge in [-0.3, -0.25) is 10.3 Å². The molecule has 1 fully saturated rings. The Balaban J connectivity index is 1.44. The van der Waals surface area contributed by atoms with Crippen molar-refractivity contribution < 1.29 is 9.18 Å². The Labute approximate surface area is 202 Å². The number of carbonyl (C=O) groups excluding carboxylic acids is 1. The zero-order valence-electron chi connectivity index (χ0n) is 18.5. The Morgan fingerprint density at radius 1 is 1.15 bits per heavy atom. The normalized spacial score (nSPS) is 14.6. The molecule has 1 aliphatic heterocycles. The highest BCUT2D eigenvalue weighted by atomic mass is 35.5. The number of hydrazine groups is 1. The topological polar surface area (TPSA) is 56.1 Å². The van der Waals surface area contributed by atoms with Crippen LogP contribution in [0, 0.1) is 5.82 Å². The van der Waals surface area contributed by atoms with E-state index in [2.05, 4.69) is 27.2 Å². The molecule has 1 aliphatic rings. The van der Waals surface area contributed by atoms with Crippen LogP contribution in [0.15, 0.2) is 42.6 Å². The van der Waals surface area contributed by atoms with Crippen LogP contribution in [-0.2, 0) is 0 Å². The number of piperazine rings is 1. The molecule has 33 heavy (non-hydrogen) atoms. The first-order valence-corrected chi connectivity index (χ1v) is 11.9. The van der Waals surface area contributed by atoms with E-state index in [4.69, 9.17) is 23.2 Å². The van der Waals surface area contributed by atoms with Gasteiger partial charge in [0.2, 0.25) is 0 Å². The highest BCUT2D eigenvalue weighted by Gasteiger charge is 2.27. The molecule has 3 heterocycles. The fourth-order valence-corrected chi connectivity index (χ4v) is 4.41. The van der Waals surface area contributed by atoms with E-state index in [9.17, 15) is 9.18 Å². The molecule has 0 saturated carbocycles. The van der Waals surface area contributed by atoms with Gasteiger partial charge < -0.3 is 4.90 Å². The Morgan fingerprint density at radius 3 is 2.70 bits per heavy atom. The number of rotatable bonds is 7. The summed E-state index contributed by atoms with van der Waals surface area (Å²) >= 11 is 12.6. The van der Waals surface area contributed by atoms with E-state index in [0.29, 0.717) is 54.1 Å². The molecule has 0 radical (unpaired) electrons. The largest absolute Gasteiger partial charge is 0.368 e. The van der Waals surface area contributed by atoms with Crippen LogP contribution < -0.4 is 10.2 Å². The van der Waals surface area contributed by atoms with Gasteiger partial charge in [0, 0.05) is 38.8 Å². The summed E-state index contributed by atoms with van der Waals surface area (Å²) in [4.78, 5) is 15.4. The van der Waals surface area contributed by atoms with E-state index in [-0.39, 0.29) is 11.8 Å². The monoisotopic (exact) mass is 492 g/mol. The Morgan fingerprint density at radius 2 is 1.94 bits per heavy atom. The number of fused-ring (bicyclic) bond motifs is 1. The highest BCUT2D eigenvalue weighted by molar-refractivity contribution is 6.43. The lowest BCUT2D eigenvalue weighted by Gasteiger charge is -2.42. The molecule has 1 aromatic carbocycles. The number of pyridine rings is 1. The Bertz CT molecular complexity index is 1120. The third-order valence-corrected chi connectivity index (χ3v) is 6.54. The van der Waals surface area contributed by atoms with Gasteiger partial charge in [-0.25, -0.2) is 18.7 Å². The molecule has 3 aromatic rings. The average Bonchev–Trinajstić information content (AvgIpc) is 3.20. The molecule has 0 atom stereocenters. The minimum absolute atomic E-state index is 0.246. The van der Waals surface area contributed by atoms with E-state index in [1.807, 2.05) is 12.1 Å². The predicted molar refractivity (Wildman–Crippen MR) is 131 cm³/mol. The number of aromatic nitrogens is 2. The molecular weight excluding hydrogens is 466 g/mol. The maximum Gasteiger partial charge on any atom is 0.337 e. The van der Waals surface area contributed by atoms with Crippen molar-refractivity contribution in [2.75, 3.05) is 42.9 Å². The van der Waals surface area contributed by atoms with Gasteiger partial charge in [-0.05, 0) is 30.7 Å². The minimum Gasteiger partial charge on any atom is -0.368 e. The number of halogens is 3. The average molecular weight is 493 g/mol. The molecule has 0 aliphatic carbocycles. The van der Waals surface area contributed by atoms with Crippen molar-refractivity contribution in [2.45, 2.75) is 26.2 Å². The van der Waals surface area contributed by atoms with Crippen LogP contribution in [0.3, 0.4) is 0 Å².